The number of likely N-dealkylation sites (tertiary alicyclic amines) is 1. The average molecular weight is 307 g/mol. The molecule has 1 saturated heterocycles. The summed E-state index contributed by atoms with van der Waals surface area (Å²) < 4.78 is 3.71. The summed E-state index contributed by atoms with van der Waals surface area (Å²) in [7, 11) is 1.85. The fourth-order valence-corrected chi connectivity index (χ4v) is 3.21. The molecule has 1 aliphatic heterocycles. The lowest BCUT2D eigenvalue weighted by Crippen LogP contribution is -2.38. The number of aryl methyl sites for hydroxylation is 2. The first-order valence-electron chi connectivity index (χ1n) is 7.16. The predicted molar refractivity (Wildman–Crippen MR) is 81.4 cm³/mol. The molecule has 1 aliphatic rings. The highest BCUT2D eigenvalue weighted by molar-refractivity contribution is 6.31. The molecular weight excluding hydrogens is 288 g/mol. The van der Waals surface area contributed by atoms with Gasteiger partial charge in [-0.2, -0.15) is 5.10 Å². The summed E-state index contributed by atoms with van der Waals surface area (Å²) in [4.78, 5) is 14.7. The minimum absolute atomic E-state index is 0.0516. The number of hydrogen-bond donors (Lipinski definition) is 0. The van der Waals surface area contributed by atoms with Gasteiger partial charge in [0.2, 0.25) is 0 Å². The van der Waals surface area contributed by atoms with Crippen LogP contribution in [0.25, 0.3) is 0 Å². The Morgan fingerprint density at radius 1 is 1.48 bits per heavy atom. The van der Waals surface area contributed by atoms with E-state index in [1.807, 2.05) is 35.9 Å². The Morgan fingerprint density at radius 2 is 2.29 bits per heavy atom. The second kappa shape index (κ2) is 5.56. The third-order valence-corrected chi connectivity index (χ3v) is 4.20. The molecule has 2 aromatic rings. The maximum Gasteiger partial charge on any atom is 0.270 e. The van der Waals surface area contributed by atoms with E-state index in [-0.39, 0.29) is 11.9 Å². The van der Waals surface area contributed by atoms with Crippen molar-refractivity contribution in [1.29, 1.82) is 0 Å². The molecule has 1 atom stereocenters. The number of halogens is 1. The minimum atomic E-state index is 0.0516. The lowest BCUT2D eigenvalue weighted by molar-refractivity contribution is 0.0712. The molecule has 1 unspecified atom stereocenters. The molecule has 21 heavy (non-hydrogen) atoms. The van der Waals surface area contributed by atoms with Crippen LogP contribution in [-0.4, -0.2) is 37.7 Å². The molecule has 0 bridgehead atoms. The molecule has 2 aromatic heterocycles. The molecule has 3 rings (SSSR count). The fourth-order valence-electron chi connectivity index (χ4n) is 2.96. The summed E-state index contributed by atoms with van der Waals surface area (Å²) in [6, 6.07) is 1.93. The summed E-state index contributed by atoms with van der Waals surface area (Å²) >= 11 is 5.98. The van der Waals surface area contributed by atoms with E-state index >= 15 is 0 Å². The molecule has 0 aromatic carbocycles. The molecular formula is C15H19ClN4O. The van der Waals surface area contributed by atoms with Crippen molar-refractivity contribution in [3.63, 3.8) is 0 Å². The lowest BCUT2D eigenvalue weighted by Gasteiger charge is -2.24. The van der Waals surface area contributed by atoms with Gasteiger partial charge >= 0.3 is 0 Å². The van der Waals surface area contributed by atoms with Crippen LogP contribution in [0.5, 0.6) is 0 Å². The van der Waals surface area contributed by atoms with Crippen molar-refractivity contribution >= 4 is 17.5 Å². The van der Waals surface area contributed by atoms with Crippen LogP contribution >= 0.6 is 11.6 Å². The second-order valence-electron chi connectivity index (χ2n) is 5.69. The van der Waals surface area contributed by atoms with E-state index in [9.17, 15) is 4.79 Å². The second-order valence-corrected chi connectivity index (χ2v) is 6.13. The van der Waals surface area contributed by atoms with Crippen molar-refractivity contribution in [2.24, 2.45) is 7.05 Å². The van der Waals surface area contributed by atoms with Gasteiger partial charge in [0.1, 0.15) is 5.69 Å². The van der Waals surface area contributed by atoms with Crippen molar-refractivity contribution in [2.45, 2.75) is 32.4 Å². The number of carbonyl (C=O) groups excluding carboxylic acids is 1. The van der Waals surface area contributed by atoms with Gasteiger partial charge in [0.25, 0.3) is 5.91 Å². The third-order valence-electron chi connectivity index (χ3n) is 3.99. The first-order valence-corrected chi connectivity index (χ1v) is 7.54. The Bertz CT molecular complexity index is 660. The van der Waals surface area contributed by atoms with Gasteiger partial charge in [-0.1, -0.05) is 11.6 Å². The van der Waals surface area contributed by atoms with Crippen LogP contribution in [0.15, 0.2) is 24.7 Å². The Morgan fingerprint density at radius 3 is 2.90 bits per heavy atom. The SMILES string of the molecule is Cc1cnn(CC2CCCN2C(=O)c2cc(Cl)cn2C)c1. The van der Waals surface area contributed by atoms with Crippen molar-refractivity contribution < 1.29 is 4.79 Å². The van der Waals surface area contributed by atoms with Gasteiger partial charge in [-0.25, -0.2) is 0 Å². The Labute approximate surface area is 129 Å². The van der Waals surface area contributed by atoms with E-state index in [0.717, 1.165) is 31.5 Å². The smallest absolute Gasteiger partial charge is 0.270 e. The summed E-state index contributed by atoms with van der Waals surface area (Å²) in [5, 5.41) is 4.92. The molecule has 6 heteroatoms. The first kappa shape index (κ1) is 14.2. The summed E-state index contributed by atoms with van der Waals surface area (Å²) in [5.41, 5.74) is 1.78. The van der Waals surface area contributed by atoms with Crippen molar-refractivity contribution in [2.75, 3.05) is 6.54 Å². The van der Waals surface area contributed by atoms with E-state index in [1.165, 1.54) is 0 Å². The number of rotatable bonds is 3. The van der Waals surface area contributed by atoms with Crippen LogP contribution in [0.1, 0.15) is 28.9 Å². The molecule has 0 spiro atoms. The molecule has 3 heterocycles. The molecule has 0 saturated carbocycles. The Balaban J connectivity index is 1.77. The van der Waals surface area contributed by atoms with Crippen LogP contribution in [0.2, 0.25) is 5.02 Å². The van der Waals surface area contributed by atoms with Crippen LogP contribution in [0.4, 0.5) is 0 Å². The number of hydrogen-bond acceptors (Lipinski definition) is 2. The van der Waals surface area contributed by atoms with Gasteiger partial charge in [-0.05, 0) is 31.4 Å². The average Bonchev–Trinajstić information content (AvgIpc) is 3.11. The van der Waals surface area contributed by atoms with E-state index in [2.05, 4.69) is 5.10 Å². The van der Waals surface area contributed by atoms with Crippen molar-refractivity contribution in [3.8, 4) is 0 Å². The lowest BCUT2D eigenvalue weighted by atomic mass is 10.2. The monoisotopic (exact) mass is 306 g/mol. The third kappa shape index (κ3) is 2.83. The normalized spacial score (nSPS) is 18.4. The molecule has 0 N–H and O–H groups in total. The minimum Gasteiger partial charge on any atom is -0.345 e. The van der Waals surface area contributed by atoms with Gasteiger partial charge in [0.15, 0.2) is 0 Å². The Kier molecular flexibility index (Phi) is 3.76. The Hall–Kier alpha value is -1.75. The van der Waals surface area contributed by atoms with Crippen LogP contribution in [0, 0.1) is 6.92 Å². The van der Waals surface area contributed by atoms with Gasteiger partial charge in [0, 0.05) is 26.0 Å². The van der Waals surface area contributed by atoms with Gasteiger partial charge < -0.3 is 9.47 Å². The molecule has 1 fully saturated rings. The summed E-state index contributed by atoms with van der Waals surface area (Å²) in [6.07, 6.45) is 7.67. The maximum atomic E-state index is 12.7. The van der Waals surface area contributed by atoms with E-state index in [0.29, 0.717) is 10.7 Å². The molecule has 0 radical (unpaired) electrons. The van der Waals surface area contributed by atoms with E-state index in [4.69, 9.17) is 11.6 Å². The van der Waals surface area contributed by atoms with E-state index in [1.54, 1.807) is 16.8 Å². The highest BCUT2D eigenvalue weighted by Gasteiger charge is 2.31. The van der Waals surface area contributed by atoms with Crippen molar-refractivity contribution in [3.05, 3.63) is 40.9 Å². The number of amides is 1. The zero-order valence-electron chi connectivity index (χ0n) is 12.3. The molecule has 112 valence electrons. The predicted octanol–water partition coefficient (Wildman–Crippen LogP) is 2.49. The highest BCUT2D eigenvalue weighted by Crippen LogP contribution is 2.23. The summed E-state index contributed by atoms with van der Waals surface area (Å²) in [5.74, 6) is 0.0516. The highest BCUT2D eigenvalue weighted by atomic mass is 35.5. The zero-order valence-corrected chi connectivity index (χ0v) is 13.0. The maximum absolute atomic E-state index is 12.7. The number of carbonyl (C=O) groups is 1. The van der Waals surface area contributed by atoms with Crippen LogP contribution in [-0.2, 0) is 13.6 Å². The van der Waals surface area contributed by atoms with Gasteiger partial charge in [-0.3, -0.25) is 9.48 Å². The molecule has 1 amide bonds. The fraction of sp³-hybridized carbons (Fsp3) is 0.467. The molecule has 5 nitrogen and oxygen atoms in total. The van der Waals surface area contributed by atoms with Gasteiger partial charge in [-0.15, -0.1) is 0 Å². The van der Waals surface area contributed by atoms with Crippen LogP contribution in [0.3, 0.4) is 0 Å². The largest absolute Gasteiger partial charge is 0.345 e. The standard InChI is InChI=1S/C15H19ClN4O/c1-11-7-17-19(8-11)10-13-4-3-5-20(13)15(21)14-6-12(16)9-18(14)2/h6-9,13H,3-5,10H2,1-2H3. The first-order chi connectivity index (χ1) is 10.0. The topological polar surface area (TPSA) is 43.1 Å². The van der Waals surface area contributed by atoms with Crippen LogP contribution < -0.4 is 0 Å². The summed E-state index contributed by atoms with van der Waals surface area (Å²) in [6.45, 7) is 3.57. The quantitative estimate of drug-likeness (QED) is 0.874. The van der Waals surface area contributed by atoms with E-state index < -0.39 is 0 Å². The number of aromatic nitrogens is 3. The van der Waals surface area contributed by atoms with Gasteiger partial charge in [0.05, 0.1) is 23.8 Å². The number of nitrogens with zero attached hydrogens (tertiary/aromatic N) is 4. The molecule has 0 aliphatic carbocycles. The van der Waals surface area contributed by atoms with Crippen molar-refractivity contribution in [1.82, 2.24) is 19.2 Å². The zero-order chi connectivity index (χ0) is 15.0.